The molecule has 1 unspecified atom stereocenters. The summed E-state index contributed by atoms with van der Waals surface area (Å²) in [6, 6.07) is 8.16. The molecule has 0 aliphatic carbocycles. The van der Waals surface area contributed by atoms with Gasteiger partial charge in [0.05, 0.1) is 11.0 Å². The third kappa shape index (κ3) is 2.09. The van der Waals surface area contributed by atoms with Gasteiger partial charge in [-0.05, 0) is 19.1 Å². The average Bonchev–Trinajstić information content (AvgIpc) is 3.16. The maximum Gasteiger partial charge on any atom is 0.326 e. The van der Waals surface area contributed by atoms with Crippen molar-refractivity contribution in [3.63, 3.8) is 0 Å². The molecule has 0 fully saturated rings. The van der Waals surface area contributed by atoms with Gasteiger partial charge in [0.25, 0.3) is 0 Å². The summed E-state index contributed by atoms with van der Waals surface area (Å²) >= 11 is 0. The summed E-state index contributed by atoms with van der Waals surface area (Å²) in [5.41, 5.74) is 1.92. The van der Waals surface area contributed by atoms with Gasteiger partial charge in [-0.2, -0.15) is 0 Å². The molecule has 23 heavy (non-hydrogen) atoms. The highest BCUT2D eigenvalue weighted by atomic mass is 16.7. The second-order valence-corrected chi connectivity index (χ2v) is 5.23. The summed E-state index contributed by atoms with van der Waals surface area (Å²) in [5, 5.41) is 9.45. The smallest absolute Gasteiger partial charge is 0.326 e. The van der Waals surface area contributed by atoms with Gasteiger partial charge in [0.15, 0.2) is 17.3 Å². The van der Waals surface area contributed by atoms with Crippen LogP contribution >= 0.6 is 0 Å². The van der Waals surface area contributed by atoms with Gasteiger partial charge in [0.1, 0.15) is 11.7 Å². The van der Waals surface area contributed by atoms with Crippen LogP contribution in [0.1, 0.15) is 13.0 Å². The lowest BCUT2D eigenvalue weighted by molar-refractivity contribution is -0.140. The molecule has 0 radical (unpaired) electrons. The van der Waals surface area contributed by atoms with Gasteiger partial charge >= 0.3 is 5.97 Å². The SMILES string of the molecule is CC(C(=O)O)n1c(-c2ccccn2)nc2cc3c(cc21)OCO3. The van der Waals surface area contributed by atoms with Crippen molar-refractivity contribution in [1.29, 1.82) is 0 Å². The quantitative estimate of drug-likeness (QED) is 0.799. The average molecular weight is 311 g/mol. The Balaban J connectivity index is 2.02. The Hall–Kier alpha value is -3.09. The predicted molar refractivity (Wildman–Crippen MR) is 81.4 cm³/mol. The van der Waals surface area contributed by atoms with Gasteiger partial charge in [0, 0.05) is 18.3 Å². The molecule has 2 aromatic heterocycles. The molecule has 1 aromatic carbocycles. The highest BCUT2D eigenvalue weighted by Gasteiger charge is 2.25. The summed E-state index contributed by atoms with van der Waals surface area (Å²) in [6.45, 7) is 1.77. The van der Waals surface area contributed by atoms with Crippen LogP contribution < -0.4 is 9.47 Å². The second-order valence-electron chi connectivity index (χ2n) is 5.23. The highest BCUT2D eigenvalue weighted by molar-refractivity contribution is 5.86. The molecular weight excluding hydrogens is 298 g/mol. The van der Waals surface area contributed by atoms with Crippen LogP contribution in [0.2, 0.25) is 0 Å². The highest BCUT2D eigenvalue weighted by Crippen LogP contribution is 2.38. The van der Waals surface area contributed by atoms with Crippen LogP contribution in [0.15, 0.2) is 36.5 Å². The Kier molecular flexibility index (Phi) is 2.94. The van der Waals surface area contributed by atoms with Crippen molar-refractivity contribution < 1.29 is 19.4 Å². The van der Waals surface area contributed by atoms with Crippen molar-refractivity contribution in [2.24, 2.45) is 0 Å². The number of aromatic nitrogens is 3. The van der Waals surface area contributed by atoms with Crippen molar-refractivity contribution in [3.8, 4) is 23.0 Å². The number of benzene rings is 1. The standard InChI is InChI=1S/C16H13N3O4/c1-9(16(20)21)19-12-7-14-13(22-8-23-14)6-11(12)18-15(19)10-4-2-3-5-17-10/h2-7,9H,8H2,1H3,(H,20,21). The van der Waals surface area contributed by atoms with E-state index in [0.717, 1.165) is 0 Å². The predicted octanol–water partition coefficient (Wildman–Crippen LogP) is 2.47. The molecule has 3 heterocycles. The second kappa shape index (κ2) is 4.98. The largest absolute Gasteiger partial charge is 0.480 e. The molecule has 1 aliphatic rings. The zero-order valence-electron chi connectivity index (χ0n) is 12.3. The van der Waals surface area contributed by atoms with Crippen molar-refractivity contribution >= 4 is 17.0 Å². The van der Waals surface area contributed by atoms with Gasteiger partial charge in [0.2, 0.25) is 6.79 Å². The molecule has 0 saturated carbocycles. The Bertz CT molecular complexity index is 905. The van der Waals surface area contributed by atoms with Gasteiger partial charge in [-0.15, -0.1) is 0 Å². The van der Waals surface area contributed by atoms with E-state index in [-0.39, 0.29) is 6.79 Å². The fourth-order valence-corrected chi connectivity index (χ4v) is 2.66. The van der Waals surface area contributed by atoms with E-state index < -0.39 is 12.0 Å². The molecule has 116 valence electrons. The first-order valence-electron chi connectivity index (χ1n) is 7.11. The number of fused-ring (bicyclic) bond motifs is 2. The molecule has 0 bridgehead atoms. The Labute approximate surface area is 131 Å². The van der Waals surface area contributed by atoms with Crippen molar-refractivity contribution in [3.05, 3.63) is 36.5 Å². The van der Waals surface area contributed by atoms with E-state index in [0.29, 0.717) is 34.1 Å². The number of imidazole rings is 1. The summed E-state index contributed by atoms with van der Waals surface area (Å²) in [4.78, 5) is 20.4. The number of aliphatic carboxylic acids is 1. The van der Waals surface area contributed by atoms with E-state index in [9.17, 15) is 9.90 Å². The van der Waals surface area contributed by atoms with Gasteiger partial charge in [-0.1, -0.05) is 6.07 Å². The third-order valence-corrected chi connectivity index (χ3v) is 3.82. The molecule has 3 aromatic rings. The third-order valence-electron chi connectivity index (χ3n) is 3.82. The van der Waals surface area contributed by atoms with E-state index in [2.05, 4.69) is 9.97 Å². The fourth-order valence-electron chi connectivity index (χ4n) is 2.66. The number of rotatable bonds is 3. The first-order valence-corrected chi connectivity index (χ1v) is 7.11. The molecule has 0 spiro atoms. The minimum absolute atomic E-state index is 0.156. The van der Waals surface area contributed by atoms with Crippen molar-refractivity contribution in [1.82, 2.24) is 14.5 Å². The van der Waals surface area contributed by atoms with Crippen LogP contribution in [0.25, 0.3) is 22.6 Å². The van der Waals surface area contributed by atoms with Crippen LogP contribution in [0, 0.1) is 0 Å². The van der Waals surface area contributed by atoms with Crippen molar-refractivity contribution in [2.75, 3.05) is 6.79 Å². The lowest BCUT2D eigenvalue weighted by Gasteiger charge is -2.13. The van der Waals surface area contributed by atoms with Gasteiger partial charge in [-0.3, -0.25) is 4.98 Å². The number of nitrogens with zero attached hydrogens (tertiary/aromatic N) is 3. The van der Waals surface area contributed by atoms with E-state index >= 15 is 0 Å². The Morgan fingerprint density at radius 3 is 2.78 bits per heavy atom. The normalized spacial score (nSPS) is 14.1. The number of carboxylic acid groups (broad SMARTS) is 1. The van der Waals surface area contributed by atoms with Crippen molar-refractivity contribution in [2.45, 2.75) is 13.0 Å². The zero-order valence-corrected chi connectivity index (χ0v) is 12.3. The minimum Gasteiger partial charge on any atom is -0.480 e. The topological polar surface area (TPSA) is 86.5 Å². The molecule has 1 atom stereocenters. The number of ether oxygens (including phenoxy) is 2. The molecule has 1 aliphatic heterocycles. The van der Waals surface area contributed by atoms with Crippen LogP contribution in [0.4, 0.5) is 0 Å². The number of carboxylic acids is 1. The number of hydrogen-bond acceptors (Lipinski definition) is 5. The van der Waals surface area contributed by atoms with E-state index in [1.54, 1.807) is 42.0 Å². The lowest BCUT2D eigenvalue weighted by atomic mass is 10.2. The monoisotopic (exact) mass is 311 g/mol. The molecule has 7 heteroatoms. The minimum atomic E-state index is -0.945. The number of pyridine rings is 1. The Morgan fingerprint density at radius 1 is 1.30 bits per heavy atom. The molecular formula is C16H13N3O4. The lowest BCUT2D eigenvalue weighted by Crippen LogP contribution is -2.16. The molecule has 1 N–H and O–H groups in total. The van der Waals surface area contributed by atoms with E-state index in [1.807, 2.05) is 6.07 Å². The fraction of sp³-hybridized carbons (Fsp3) is 0.188. The molecule has 0 amide bonds. The number of carbonyl (C=O) groups is 1. The Morgan fingerprint density at radius 2 is 2.09 bits per heavy atom. The maximum atomic E-state index is 11.5. The number of hydrogen-bond donors (Lipinski definition) is 1. The summed E-state index contributed by atoms with van der Waals surface area (Å²) in [5.74, 6) is 0.750. The van der Waals surface area contributed by atoms with Crippen LogP contribution in [0.5, 0.6) is 11.5 Å². The maximum absolute atomic E-state index is 11.5. The summed E-state index contributed by atoms with van der Waals surface area (Å²) in [7, 11) is 0. The summed E-state index contributed by atoms with van der Waals surface area (Å²) in [6.07, 6.45) is 1.65. The summed E-state index contributed by atoms with van der Waals surface area (Å²) < 4.78 is 12.4. The zero-order chi connectivity index (χ0) is 16.0. The van der Waals surface area contributed by atoms with Crippen LogP contribution in [-0.4, -0.2) is 32.4 Å². The van der Waals surface area contributed by atoms with E-state index in [4.69, 9.17) is 9.47 Å². The molecule has 0 saturated heterocycles. The molecule has 4 rings (SSSR count). The van der Waals surface area contributed by atoms with Crippen LogP contribution in [0.3, 0.4) is 0 Å². The van der Waals surface area contributed by atoms with Gasteiger partial charge in [-0.25, -0.2) is 9.78 Å². The van der Waals surface area contributed by atoms with Crippen LogP contribution in [-0.2, 0) is 4.79 Å². The molecule has 7 nitrogen and oxygen atoms in total. The first-order chi connectivity index (χ1) is 11.1. The van der Waals surface area contributed by atoms with Gasteiger partial charge < -0.3 is 19.1 Å². The van der Waals surface area contributed by atoms with E-state index in [1.165, 1.54) is 0 Å². The first kappa shape index (κ1) is 13.6.